The van der Waals surface area contributed by atoms with Crippen LogP contribution in [0.2, 0.25) is 0 Å². The van der Waals surface area contributed by atoms with E-state index in [9.17, 15) is 4.79 Å². The summed E-state index contributed by atoms with van der Waals surface area (Å²) in [4.78, 5) is 17.5. The third-order valence-electron chi connectivity index (χ3n) is 3.22. The van der Waals surface area contributed by atoms with Gasteiger partial charge in [-0.05, 0) is 18.9 Å². The van der Waals surface area contributed by atoms with Crippen LogP contribution in [0.15, 0.2) is 6.20 Å². The van der Waals surface area contributed by atoms with Gasteiger partial charge in [-0.3, -0.25) is 4.79 Å². The van der Waals surface area contributed by atoms with Crippen LogP contribution in [0.4, 0.5) is 0 Å². The number of aryl methyl sites for hydroxylation is 1. The zero-order chi connectivity index (χ0) is 12.3. The summed E-state index contributed by atoms with van der Waals surface area (Å²) in [6, 6.07) is 0. The minimum absolute atomic E-state index is 0.112. The number of hydrogen-bond acceptors (Lipinski definition) is 4. The Morgan fingerprint density at radius 3 is 3.06 bits per heavy atom. The van der Waals surface area contributed by atoms with Crippen molar-refractivity contribution in [2.75, 3.05) is 13.1 Å². The quantitative estimate of drug-likeness (QED) is 0.847. The minimum atomic E-state index is 0.112. The van der Waals surface area contributed by atoms with E-state index in [1.165, 1.54) is 4.88 Å². The van der Waals surface area contributed by atoms with Crippen molar-refractivity contribution in [1.29, 1.82) is 0 Å². The summed E-state index contributed by atoms with van der Waals surface area (Å²) < 4.78 is 0. The van der Waals surface area contributed by atoms with Gasteiger partial charge in [0.15, 0.2) is 0 Å². The average Bonchev–Trinajstić information content (AvgIpc) is 2.94. The molecule has 0 bridgehead atoms. The van der Waals surface area contributed by atoms with Crippen LogP contribution in [0.5, 0.6) is 0 Å². The first-order valence-corrected chi connectivity index (χ1v) is 6.94. The Kier molecular flexibility index (Phi) is 4.12. The molecule has 0 saturated carbocycles. The third kappa shape index (κ3) is 3.04. The molecule has 0 spiro atoms. The predicted molar refractivity (Wildman–Crippen MR) is 68.9 cm³/mol. The summed E-state index contributed by atoms with van der Waals surface area (Å²) >= 11 is 1.68. The molecule has 0 aromatic carbocycles. The fraction of sp³-hybridized carbons (Fsp3) is 0.667. The molecule has 0 aliphatic carbocycles. The molecular formula is C12H19N3OS. The van der Waals surface area contributed by atoms with Crippen molar-refractivity contribution in [3.05, 3.63) is 16.1 Å². The molecule has 0 unspecified atom stereocenters. The van der Waals surface area contributed by atoms with Crippen molar-refractivity contribution in [2.24, 2.45) is 11.8 Å². The van der Waals surface area contributed by atoms with E-state index in [1.807, 2.05) is 6.20 Å². The lowest BCUT2D eigenvalue weighted by Gasteiger charge is -2.13. The van der Waals surface area contributed by atoms with E-state index in [0.29, 0.717) is 12.5 Å². The minimum Gasteiger partial charge on any atom is -0.349 e. The van der Waals surface area contributed by atoms with Gasteiger partial charge in [0.25, 0.3) is 0 Å². The molecule has 1 aromatic rings. The van der Waals surface area contributed by atoms with Gasteiger partial charge in [0.2, 0.25) is 5.91 Å². The fourth-order valence-electron chi connectivity index (χ4n) is 2.05. The molecule has 2 heterocycles. The lowest BCUT2D eigenvalue weighted by atomic mass is 9.97. The fourth-order valence-corrected chi connectivity index (χ4v) is 2.85. The van der Waals surface area contributed by atoms with Crippen LogP contribution in [0.25, 0.3) is 0 Å². The molecule has 0 radical (unpaired) electrons. The highest BCUT2D eigenvalue weighted by Crippen LogP contribution is 2.17. The maximum absolute atomic E-state index is 11.9. The molecule has 1 aliphatic heterocycles. The Balaban J connectivity index is 1.83. The summed E-state index contributed by atoms with van der Waals surface area (Å²) in [5.74, 6) is 0.689. The van der Waals surface area contributed by atoms with Gasteiger partial charge in [0, 0.05) is 17.6 Å². The smallest absolute Gasteiger partial charge is 0.225 e. The van der Waals surface area contributed by atoms with Gasteiger partial charge in [-0.25, -0.2) is 4.98 Å². The van der Waals surface area contributed by atoms with E-state index < -0.39 is 0 Å². The molecule has 1 amide bonds. The molecule has 4 nitrogen and oxygen atoms in total. The number of thiazole rings is 1. The van der Waals surface area contributed by atoms with Crippen molar-refractivity contribution in [1.82, 2.24) is 15.6 Å². The van der Waals surface area contributed by atoms with Crippen LogP contribution in [0.1, 0.15) is 23.7 Å². The lowest BCUT2D eigenvalue weighted by Crippen LogP contribution is -2.33. The van der Waals surface area contributed by atoms with E-state index in [4.69, 9.17) is 0 Å². The molecule has 17 heavy (non-hydrogen) atoms. The standard InChI is InChI=1S/C12H19N3OS/c1-3-9-5-14-11(17-9)7-15-12(16)10-6-13-4-8(10)2/h5,8,10,13H,3-4,6-7H2,1-2H3,(H,15,16)/t8-,10-/m1/s1. The van der Waals surface area contributed by atoms with Gasteiger partial charge in [-0.2, -0.15) is 0 Å². The molecule has 2 N–H and O–H groups in total. The van der Waals surface area contributed by atoms with Crippen LogP contribution < -0.4 is 10.6 Å². The Labute approximate surface area is 106 Å². The van der Waals surface area contributed by atoms with Crippen molar-refractivity contribution in [2.45, 2.75) is 26.8 Å². The number of carbonyl (C=O) groups is 1. The molecule has 1 aliphatic rings. The molecule has 94 valence electrons. The predicted octanol–water partition coefficient (Wildman–Crippen LogP) is 1.18. The maximum atomic E-state index is 11.9. The molecular weight excluding hydrogens is 234 g/mol. The van der Waals surface area contributed by atoms with Crippen LogP contribution >= 0.6 is 11.3 Å². The number of amides is 1. The Morgan fingerprint density at radius 1 is 1.65 bits per heavy atom. The molecule has 1 saturated heterocycles. The zero-order valence-corrected chi connectivity index (χ0v) is 11.1. The Morgan fingerprint density at radius 2 is 2.47 bits per heavy atom. The second-order valence-electron chi connectivity index (χ2n) is 4.53. The average molecular weight is 253 g/mol. The van der Waals surface area contributed by atoms with E-state index in [0.717, 1.165) is 24.5 Å². The highest BCUT2D eigenvalue weighted by atomic mass is 32.1. The first kappa shape index (κ1) is 12.5. The van der Waals surface area contributed by atoms with Crippen molar-refractivity contribution in [3.8, 4) is 0 Å². The molecule has 1 aromatic heterocycles. The second kappa shape index (κ2) is 5.60. The first-order chi connectivity index (χ1) is 8.20. The molecule has 2 rings (SSSR count). The summed E-state index contributed by atoms with van der Waals surface area (Å²) in [5, 5.41) is 7.21. The van der Waals surface area contributed by atoms with Gasteiger partial charge < -0.3 is 10.6 Å². The molecule has 1 fully saturated rings. The Bertz CT molecular complexity index is 391. The van der Waals surface area contributed by atoms with Gasteiger partial charge in [-0.1, -0.05) is 13.8 Å². The topological polar surface area (TPSA) is 54.0 Å². The van der Waals surface area contributed by atoms with Gasteiger partial charge in [0.1, 0.15) is 5.01 Å². The van der Waals surface area contributed by atoms with Crippen molar-refractivity contribution in [3.63, 3.8) is 0 Å². The van der Waals surface area contributed by atoms with Crippen molar-refractivity contribution < 1.29 is 4.79 Å². The second-order valence-corrected chi connectivity index (χ2v) is 5.73. The largest absolute Gasteiger partial charge is 0.349 e. The summed E-state index contributed by atoms with van der Waals surface area (Å²) in [5.41, 5.74) is 0. The highest BCUT2D eigenvalue weighted by molar-refractivity contribution is 7.11. The van der Waals surface area contributed by atoms with Crippen LogP contribution in [0, 0.1) is 11.8 Å². The summed E-state index contributed by atoms with van der Waals surface area (Å²) in [6.07, 6.45) is 2.90. The third-order valence-corrected chi connectivity index (χ3v) is 4.36. The van der Waals surface area contributed by atoms with E-state index in [1.54, 1.807) is 11.3 Å². The number of aromatic nitrogens is 1. The first-order valence-electron chi connectivity index (χ1n) is 6.12. The van der Waals surface area contributed by atoms with E-state index in [-0.39, 0.29) is 11.8 Å². The number of nitrogens with one attached hydrogen (secondary N) is 2. The summed E-state index contributed by atoms with van der Waals surface area (Å²) in [7, 11) is 0. The van der Waals surface area contributed by atoms with E-state index >= 15 is 0 Å². The van der Waals surface area contributed by atoms with Crippen molar-refractivity contribution >= 4 is 17.2 Å². The maximum Gasteiger partial charge on any atom is 0.225 e. The Hall–Kier alpha value is -0.940. The van der Waals surface area contributed by atoms with Gasteiger partial charge >= 0.3 is 0 Å². The number of hydrogen-bond donors (Lipinski definition) is 2. The van der Waals surface area contributed by atoms with Crippen LogP contribution in [-0.2, 0) is 17.8 Å². The zero-order valence-electron chi connectivity index (χ0n) is 10.3. The van der Waals surface area contributed by atoms with Gasteiger partial charge in [-0.15, -0.1) is 11.3 Å². The van der Waals surface area contributed by atoms with E-state index in [2.05, 4.69) is 29.5 Å². The van der Waals surface area contributed by atoms with Gasteiger partial charge in [0.05, 0.1) is 12.5 Å². The molecule has 5 heteroatoms. The molecule has 2 atom stereocenters. The van der Waals surface area contributed by atoms with Crippen LogP contribution in [-0.4, -0.2) is 24.0 Å². The SMILES string of the molecule is CCc1cnc(CNC(=O)[C@@H]2CNC[C@H]2C)s1. The van der Waals surface area contributed by atoms with Crippen LogP contribution in [0.3, 0.4) is 0 Å². The highest BCUT2D eigenvalue weighted by Gasteiger charge is 2.29. The summed E-state index contributed by atoms with van der Waals surface area (Å²) in [6.45, 7) is 6.53. The number of nitrogens with zero attached hydrogens (tertiary/aromatic N) is 1. The number of carbonyl (C=O) groups excluding carboxylic acids is 1. The normalized spacial score (nSPS) is 23.9. The lowest BCUT2D eigenvalue weighted by molar-refractivity contribution is -0.125. The monoisotopic (exact) mass is 253 g/mol. The number of rotatable bonds is 4.